The van der Waals surface area contributed by atoms with Gasteiger partial charge in [-0.25, -0.2) is 0 Å². The van der Waals surface area contributed by atoms with Crippen molar-refractivity contribution in [2.24, 2.45) is 0 Å². The van der Waals surface area contributed by atoms with Gasteiger partial charge in [-0.3, -0.25) is 10.1 Å². The number of non-ortho nitro benzene ring substituents is 1. The standard InChI is InChI=1S/C16H17N3O2/c17-13-4-7-15-12(9-13)3-8-16(15)18-10-11-1-5-14(6-2-11)19(20)21/h1-2,4-7,9,16,18H,3,8,10,17H2. The van der Waals surface area contributed by atoms with Crippen molar-refractivity contribution in [2.45, 2.75) is 25.4 Å². The van der Waals surface area contributed by atoms with E-state index in [1.54, 1.807) is 24.3 Å². The summed E-state index contributed by atoms with van der Waals surface area (Å²) in [6.45, 7) is 0.701. The predicted octanol–water partition coefficient (Wildman–Crippen LogP) is 2.95. The van der Waals surface area contributed by atoms with Gasteiger partial charge in [0.1, 0.15) is 0 Å². The Labute approximate surface area is 122 Å². The number of nitrogen functional groups attached to an aromatic ring is 1. The van der Waals surface area contributed by atoms with Gasteiger partial charge in [0.25, 0.3) is 5.69 Å². The maximum absolute atomic E-state index is 10.6. The molecule has 0 aromatic heterocycles. The molecule has 5 heteroatoms. The van der Waals surface area contributed by atoms with Crippen LogP contribution in [0.25, 0.3) is 0 Å². The van der Waals surface area contributed by atoms with Crippen molar-refractivity contribution in [1.29, 1.82) is 0 Å². The summed E-state index contributed by atoms with van der Waals surface area (Å²) in [5.41, 5.74) is 10.4. The second kappa shape index (κ2) is 5.54. The zero-order valence-electron chi connectivity index (χ0n) is 11.6. The molecule has 0 amide bonds. The Morgan fingerprint density at radius 3 is 2.71 bits per heavy atom. The summed E-state index contributed by atoms with van der Waals surface area (Å²) in [5.74, 6) is 0. The van der Waals surface area contributed by atoms with E-state index in [0.29, 0.717) is 12.6 Å². The average molecular weight is 283 g/mol. The lowest BCUT2D eigenvalue weighted by Crippen LogP contribution is -2.18. The molecule has 108 valence electrons. The van der Waals surface area contributed by atoms with E-state index in [4.69, 9.17) is 5.73 Å². The van der Waals surface area contributed by atoms with Crippen LogP contribution in [0.5, 0.6) is 0 Å². The van der Waals surface area contributed by atoms with Crippen LogP contribution in [0.15, 0.2) is 42.5 Å². The first-order valence-corrected chi connectivity index (χ1v) is 6.98. The van der Waals surface area contributed by atoms with E-state index in [1.807, 2.05) is 12.1 Å². The zero-order valence-corrected chi connectivity index (χ0v) is 11.6. The van der Waals surface area contributed by atoms with Crippen molar-refractivity contribution in [1.82, 2.24) is 5.32 Å². The molecule has 0 saturated carbocycles. The number of anilines is 1. The molecule has 0 saturated heterocycles. The summed E-state index contributed by atoms with van der Waals surface area (Å²) >= 11 is 0. The molecule has 1 aliphatic carbocycles. The van der Waals surface area contributed by atoms with Gasteiger partial charge in [-0.2, -0.15) is 0 Å². The van der Waals surface area contributed by atoms with Crippen LogP contribution < -0.4 is 11.1 Å². The minimum absolute atomic E-state index is 0.125. The first-order valence-electron chi connectivity index (χ1n) is 6.98. The highest BCUT2D eigenvalue weighted by molar-refractivity contribution is 5.47. The number of nitrogens with two attached hydrogens (primary N) is 1. The summed E-state index contributed by atoms with van der Waals surface area (Å²) in [5, 5.41) is 14.1. The Morgan fingerprint density at radius 2 is 2.00 bits per heavy atom. The van der Waals surface area contributed by atoms with Gasteiger partial charge in [0, 0.05) is 30.4 Å². The molecule has 0 aliphatic heterocycles. The fourth-order valence-corrected chi connectivity index (χ4v) is 2.83. The van der Waals surface area contributed by atoms with Crippen LogP contribution >= 0.6 is 0 Å². The van der Waals surface area contributed by atoms with Crippen molar-refractivity contribution < 1.29 is 4.92 Å². The maximum Gasteiger partial charge on any atom is 0.269 e. The zero-order chi connectivity index (χ0) is 14.8. The van der Waals surface area contributed by atoms with Gasteiger partial charge in [-0.15, -0.1) is 0 Å². The fourth-order valence-electron chi connectivity index (χ4n) is 2.83. The number of nitrogens with one attached hydrogen (secondary N) is 1. The van der Waals surface area contributed by atoms with E-state index in [9.17, 15) is 10.1 Å². The highest BCUT2D eigenvalue weighted by Gasteiger charge is 2.21. The van der Waals surface area contributed by atoms with Gasteiger partial charge in [0.05, 0.1) is 4.92 Å². The number of hydrogen-bond donors (Lipinski definition) is 2. The van der Waals surface area contributed by atoms with Gasteiger partial charge >= 0.3 is 0 Å². The number of aryl methyl sites for hydroxylation is 1. The van der Waals surface area contributed by atoms with Crippen LogP contribution in [-0.4, -0.2) is 4.92 Å². The van der Waals surface area contributed by atoms with Crippen molar-refractivity contribution >= 4 is 11.4 Å². The molecular weight excluding hydrogens is 266 g/mol. The Bertz CT molecular complexity index is 668. The molecule has 0 radical (unpaired) electrons. The molecule has 0 spiro atoms. The topological polar surface area (TPSA) is 81.2 Å². The number of fused-ring (bicyclic) bond motifs is 1. The van der Waals surface area contributed by atoms with E-state index >= 15 is 0 Å². The molecule has 5 nitrogen and oxygen atoms in total. The van der Waals surface area contributed by atoms with Crippen LogP contribution in [0.1, 0.15) is 29.2 Å². The summed E-state index contributed by atoms with van der Waals surface area (Å²) in [4.78, 5) is 10.2. The number of rotatable bonds is 4. The second-order valence-electron chi connectivity index (χ2n) is 5.35. The molecule has 2 aromatic carbocycles. The first-order chi connectivity index (χ1) is 10.1. The highest BCUT2D eigenvalue weighted by atomic mass is 16.6. The van der Waals surface area contributed by atoms with Gasteiger partial charge in [-0.1, -0.05) is 18.2 Å². The molecule has 21 heavy (non-hydrogen) atoms. The molecule has 1 aliphatic rings. The molecule has 0 fully saturated rings. The molecule has 1 atom stereocenters. The van der Waals surface area contributed by atoms with Crippen LogP contribution in [0.3, 0.4) is 0 Å². The predicted molar refractivity (Wildman–Crippen MR) is 81.9 cm³/mol. The molecule has 0 heterocycles. The smallest absolute Gasteiger partial charge is 0.269 e. The van der Waals surface area contributed by atoms with Crippen LogP contribution in [0.2, 0.25) is 0 Å². The lowest BCUT2D eigenvalue weighted by Gasteiger charge is -2.14. The Hall–Kier alpha value is -2.40. The molecule has 0 bridgehead atoms. The third kappa shape index (κ3) is 2.87. The molecule has 3 N–H and O–H groups in total. The quantitative estimate of drug-likeness (QED) is 0.513. The van der Waals surface area contributed by atoms with Gasteiger partial charge in [-0.05, 0) is 41.7 Å². The SMILES string of the molecule is Nc1ccc2c(c1)CCC2NCc1ccc([N+](=O)[O-])cc1. The Balaban J connectivity index is 1.65. The van der Waals surface area contributed by atoms with E-state index in [1.165, 1.54) is 11.1 Å². The monoisotopic (exact) mass is 283 g/mol. The fraction of sp³-hybridized carbons (Fsp3) is 0.250. The van der Waals surface area contributed by atoms with Crippen molar-refractivity contribution in [3.63, 3.8) is 0 Å². The lowest BCUT2D eigenvalue weighted by molar-refractivity contribution is -0.384. The average Bonchev–Trinajstić information content (AvgIpc) is 2.87. The molecular formula is C16H17N3O2. The van der Waals surface area contributed by atoms with Crippen LogP contribution in [0.4, 0.5) is 11.4 Å². The highest BCUT2D eigenvalue weighted by Crippen LogP contribution is 2.32. The summed E-state index contributed by atoms with van der Waals surface area (Å²) < 4.78 is 0. The second-order valence-corrected chi connectivity index (χ2v) is 5.35. The van der Waals surface area contributed by atoms with Crippen LogP contribution in [-0.2, 0) is 13.0 Å². The van der Waals surface area contributed by atoms with Crippen LogP contribution in [0, 0.1) is 10.1 Å². The van der Waals surface area contributed by atoms with Gasteiger partial charge < -0.3 is 11.1 Å². The van der Waals surface area contributed by atoms with Crippen molar-refractivity contribution in [3.05, 3.63) is 69.3 Å². The third-order valence-electron chi connectivity index (χ3n) is 3.94. The summed E-state index contributed by atoms with van der Waals surface area (Å²) in [7, 11) is 0. The first kappa shape index (κ1) is 13.6. The molecule has 1 unspecified atom stereocenters. The lowest BCUT2D eigenvalue weighted by atomic mass is 10.1. The van der Waals surface area contributed by atoms with E-state index in [2.05, 4.69) is 11.4 Å². The van der Waals surface area contributed by atoms with Gasteiger partial charge in [0.15, 0.2) is 0 Å². The third-order valence-corrected chi connectivity index (χ3v) is 3.94. The summed E-state index contributed by atoms with van der Waals surface area (Å²) in [6, 6.07) is 13.1. The maximum atomic E-state index is 10.6. The normalized spacial score (nSPS) is 16.7. The Kier molecular flexibility index (Phi) is 3.58. The van der Waals surface area contributed by atoms with E-state index in [0.717, 1.165) is 24.1 Å². The number of nitro groups is 1. The van der Waals surface area contributed by atoms with Gasteiger partial charge in [0.2, 0.25) is 0 Å². The van der Waals surface area contributed by atoms with Crippen molar-refractivity contribution in [3.8, 4) is 0 Å². The molecule has 3 rings (SSSR count). The molecule has 2 aromatic rings. The number of nitrogens with zero attached hydrogens (tertiary/aromatic N) is 1. The number of benzene rings is 2. The largest absolute Gasteiger partial charge is 0.399 e. The summed E-state index contributed by atoms with van der Waals surface area (Å²) in [6.07, 6.45) is 2.10. The van der Waals surface area contributed by atoms with Crippen molar-refractivity contribution in [2.75, 3.05) is 5.73 Å². The minimum Gasteiger partial charge on any atom is -0.399 e. The Morgan fingerprint density at radius 1 is 1.24 bits per heavy atom. The van der Waals surface area contributed by atoms with E-state index < -0.39 is 0 Å². The number of hydrogen-bond acceptors (Lipinski definition) is 4. The number of nitro benzene ring substituents is 1. The minimum atomic E-state index is -0.380. The van der Waals surface area contributed by atoms with E-state index in [-0.39, 0.29) is 10.6 Å².